The van der Waals surface area contributed by atoms with Crippen LogP contribution < -0.4 is 10.6 Å². The predicted molar refractivity (Wildman–Crippen MR) is 131 cm³/mol. The minimum atomic E-state index is -4.51. The Morgan fingerprint density at radius 3 is 2.50 bits per heavy atom. The Morgan fingerprint density at radius 2 is 1.83 bits per heavy atom. The van der Waals surface area contributed by atoms with Crippen LogP contribution in [0, 0.1) is 0 Å². The van der Waals surface area contributed by atoms with Crippen LogP contribution in [0.25, 0.3) is 10.9 Å². The first-order valence-electron chi connectivity index (χ1n) is 11.9. The summed E-state index contributed by atoms with van der Waals surface area (Å²) >= 11 is 0. The fourth-order valence-corrected chi connectivity index (χ4v) is 4.60. The van der Waals surface area contributed by atoms with Crippen LogP contribution in [0.1, 0.15) is 43.0 Å². The van der Waals surface area contributed by atoms with Gasteiger partial charge in [0.15, 0.2) is 5.78 Å². The lowest BCUT2D eigenvalue weighted by molar-refractivity contribution is -0.136. The molecule has 0 saturated heterocycles. The summed E-state index contributed by atoms with van der Waals surface area (Å²) in [6.07, 6.45) is -2.88. The number of hydrogen-bond donors (Lipinski definition) is 2. The van der Waals surface area contributed by atoms with E-state index in [4.69, 9.17) is 4.74 Å². The van der Waals surface area contributed by atoms with Crippen LogP contribution in [-0.2, 0) is 41.6 Å². The first kappa shape index (κ1) is 25.8. The van der Waals surface area contributed by atoms with Gasteiger partial charge in [0.05, 0.1) is 23.7 Å². The minimum absolute atomic E-state index is 0.143. The number of hydrogen-bond acceptors (Lipinski definition) is 4. The average Bonchev–Trinajstić information content (AvgIpc) is 3.10. The quantitative estimate of drug-likeness (QED) is 0.498. The molecule has 1 unspecified atom stereocenters. The number of rotatable bonds is 6. The molecular formula is C27H30F3N3O3. The van der Waals surface area contributed by atoms with Crippen molar-refractivity contribution in [2.24, 2.45) is 0 Å². The molecule has 0 spiro atoms. The number of ketones is 1. The zero-order chi connectivity index (χ0) is 26.1. The molecule has 4 rings (SSSR count). The maximum Gasteiger partial charge on any atom is 0.417 e. The van der Waals surface area contributed by atoms with Gasteiger partial charge in [0.1, 0.15) is 5.60 Å². The van der Waals surface area contributed by atoms with Gasteiger partial charge < -0.3 is 19.9 Å². The number of alkyl halides is 3. The second-order valence-electron chi connectivity index (χ2n) is 10.0. The lowest BCUT2D eigenvalue weighted by Crippen LogP contribution is -2.45. The third-order valence-corrected chi connectivity index (χ3v) is 6.13. The number of ether oxygens (including phenoxy) is 1. The summed E-state index contributed by atoms with van der Waals surface area (Å²) in [7, 11) is 0. The number of aryl methyl sites for hydroxylation is 2. The monoisotopic (exact) mass is 501 g/mol. The van der Waals surface area contributed by atoms with Crippen molar-refractivity contribution in [2.75, 3.05) is 6.54 Å². The van der Waals surface area contributed by atoms with Crippen molar-refractivity contribution in [3.63, 3.8) is 0 Å². The molecule has 3 aromatic rings. The molecule has 6 nitrogen and oxygen atoms in total. The Morgan fingerprint density at radius 1 is 1.11 bits per heavy atom. The molecule has 0 bridgehead atoms. The molecule has 9 heteroatoms. The van der Waals surface area contributed by atoms with Crippen LogP contribution in [-0.4, -0.2) is 34.6 Å². The second kappa shape index (κ2) is 9.97. The Balaban J connectivity index is 1.58. The van der Waals surface area contributed by atoms with Crippen molar-refractivity contribution >= 4 is 22.8 Å². The Kier molecular flexibility index (Phi) is 7.13. The van der Waals surface area contributed by atoms with Gasteiger partial charge in [0.25, 0.3) is 0 Å². The first-order valence-corrected chi connectivity index (χ1v) is 11.9. The highest BCUT2D eigenvalue weighted by Gasteiger charge is 2.37. The molecule has 2 aromatic carbocycles. The molecule has 192 valence electrons. The van der Waals surface area contributed by atoms with E-state index >= 15 is 0 Å². The van der Waals surface area contributed by atoms with Gasteiger partial charge in [0.2, 0.25) is 0 Å². The van der Waals surface area contributed by atoms with Crippen molar-refractivity contribution in [1.29, 1.82) is 0 Å². The number of alkyl carbamates (subject to hydrolysis) is 1. The number of amides is 1. The van der Waals surface area contributed by atoms with Crippen LogP contribution >= 0.6 is 0 Å². The molecular weight excluding hydrogens is 471 g/mol. The summed E-state index contributed by atoms with van der Waals surface area (Å²) in [5.74, 6) is -0.282. The van der Waals surface area contributed by atoms with E-state index < -0.39 is 29.5 Å². The van der Waals surface area contributed by atoms with E-state index in [0.29, 0.717) is 17.5 Å². The van der Waals surface area contributed by atoms with E-state index in [1.54, 1.807) is 37.6 Å². The fourth-order valence-electron chi connectivity index (χ4n) is 4.60. The van der Waals surface area contributed by atoms with Gasteiger partial charge in [-0.15, -0.1) is 0 Å². The summed E-state index contributed by atoms with van der Waals surface area (Å²) in [4.78, 5) is 24.8. The van der Waals surface area contributed by atoms with Crippen molar-refractivity contribution in [2.45, 2.75) is 64.5 Å². The van der Waals surface area contributed by atoms with E-state index in [2.05, 4.69) is 10.6 Å². The highest BCUT2D eigenvalue weighted by atomic mass is 19.4. The van der Waals surface area contributed by atoms with E-state index in [9.17, 15) is 22.8 Å². The van der Waals surface area contributed by atoms with Gasteiger partial charge in [-0.1, -0.05) is 36.4 Å². The fraction of sp³-hybridized carbons (Fsp3) is 0.407. The Labute approximate surface area is 207 Å². The molecule has 1 atom stereocenters. The van der Waals surface area contributed by atoms with Crippen molar-refractivity contribution < 1.29 is 27.5 Å². The lowest BCUT2D eigenvalue weighted by atomic mass is 9.94. The molecule has 1 aliphatic heterocycles. The number of carbonyl (C=O) groups excluding carboxylic acids is 2. The molecule has 2 N–H and O–H groups in total. The average molecular weight is 502 g/mol. The number of benzene rings is 2. The number of aromatic nitrogens is 1. The largest absolute Gasteiger partial charge is 0.444 e. The zero-order valence-corrected chi connectivity index (χ0v) is 20.5. The van der Waals surface area contributed by atoms with Gasteiger partial charge in [0, 0.05) is 24.7 Å². The maximum absolute atomic E-state index is 14.2. The topological polar surface area (TPSA) is 72.4 Å². The van der Waals surface area contributed by atoms with Gasteiger partial charge in [-0.05, 0) is 56.4 Å². The van der Waals surface area contributed by atoms with Crippen LogP contribution in [0.4, 0.5) is 18.0 Å². The zero-order valence-electron chi connectivity index (χ0n) is 20.5. The number of carbonyl (C=O) groups is 2. The number of Topliss-reactive ketones (excluding diaryl/α,β-unsaturated/α-hetero) is 1. The summed E-state index contributed by atoms with van der Waals surface area (Å²) in [5, 5.41) is 5.76. The summed E-state index contributed by atoms with van der Waals surface area (Å²) < 4.78 is 49.6. The summed E-state index contributed by atoms with van der Waals surface area (Å²) in [5.41, 5.74) is 1.09. The highest BCUT2D eigenvalue weighted by molar-refractivity contribution is 5.91. The molecule has 1 aromatic heterocycles. The smallest absolute Gasteiger partial charge is 0.417 e. The lowest BCUT2D eigenvalue weighted by Gasteiger charge is -2.20. The number of nitrogens with zero attached hydrogens (tertiary/aromatic N) is 1. The standard InChI is InChI=1S/C27H30F3N3O3/c1-26(2,3)36-25(35)32-15-22(34)21-16-33-12-11-20-23(27(28,29)30)18(13-19(14-31-21)24(20)33)10-9-17-7-5-4-6-8-17/h4-8,11-13,21,31H,9-10,14-16H2,1-3H3,(H,32,35). The summed E-state index contributed by atoms with van der Waals surface area (Å²) in [6.45, 7) is 5.31. The molecule has 0 fully saturated rings. The van der Waals surface area contributed by atoms with Crippen LogP contribution in [0.2, 0.25) is 0 Å². The molecule has 1 amide bonds. The van der Waals surface area contributed by atoms with E-state index in [-0.39, 0.29) is 42.8 Å². The number of halogens is 3. The van der Waals surface area contributed by atoms with Crippen molar-refractivity contribution in [3.05, 3.63) is 70.9 Å². The molecule has 0 saturated carbocycles. The normalized spacial score (nSPS) is 16.0. The van der Waals surface area contributed by atoms with Gasteiger partial charge >= 0.3 is 12.3 Å². The third kappa shape index (κ3) is 5.90. The van der Waals surface area contributed by atoms with Gasteiger partial charge in [-0.3, -0.25) is 4.79 Å². The molecule has 2 heterocycles. The Hall–Kier alpha value is -3.33. The van der Waals surface area contributed by atoms with Gasteiger partial charge in [-0.2, -0.15) is 13.2 Å². The van der Waals surface area contributed by atoms with Crippen LogP contribution in [0.5, 0.6) is 0 Å². The Bertz CT molecular complexity index is 1260. The first-order chi connectivity index (χ1) is 16.9. The summed E-state index contributed by atoms with van der Waals surface area (Å²) in [6, 6.07) is 11.8. The van der Waals surface area contributed by atoms with Crippen molar-refractivity contribution in [3.8, 4) is 0 Å². The predicted octanol–water partition coefficient (Wildman–Crippen LogP) is 5.01. The van der Waals surface area contributed by atoms with E-state index in [1.165, 1.54) is 6.07 Å². The minimum Gasteiger partial charge on any atom is -0.444 e. The highest BCUT2D eigenvalue weighted by Crippen LogP contribution is 2.40. The van der Waals surface area contributed by atoms with Crippen LogP contribution in [0.15, 0.2) is 48.7 Å². The van der Waals surface area contributed by atoms with Crippen LogP contribution in [0.3, 0.4) is 0 Å². The number of nitrogens with one attached hydrogen (secondary N) is 2. The SMILES string of the molecule is CC(C)(C)OC(=O)NCC(=O)C1Cn2ccc3c(C(F)(F)F)c(CCc4ccccc4)cc(c32)CN1. The molecule has 1 aliphatic rings. The van der Waals surface area contributed by atoms with E-state index in [0.717, 1.165) is 5.56 Å². The van der Waals surface area contributed by atoms with E-state index in [1.807, 2.05) is 30.3 Å². The molecule has 0 aliphatic carbocycles. The molecule has 36 heavy (non-hydrogen) atoms. The molecule has 0 radical (unpaired) electrons. The maximum atomic E-state index is 14.2. The third-order valence-electron chi connectivity index (χ3n) is 6.13. The second-order valence-corrected chi connectivity index (χ2v) is 10.0. The van der Waals surface area contributed by atoms with Crippen molar-refractivity contribution in [1.82, 2.24) is 15.2 Å². The van der Waals surface area contributed by atoms with Gasteiger partial charge in [-0.25, -0.2) is 4.79 Å².